The Hall–Kier alpha value is -4.16. The molecular weight excluding hydrogens is 456 g/mol. The number of nitrogens with zero attached hydrogens (tertiary/aromatic N) is 5. The number of benzene rings is 2. The number of carbonyl (C=O) groups excluding carboxylic acids is 1. The molecule has 0 unspecified atom stereocenters. The van der Waals surface area contributed by atoms with E-state index < -0.39 is 0 Å². The smallest absolute Gasteiger partial charge is 0.227 e. The van der Waals surface area contributed by atoms with Crippen LogP contribution in [0.2, 0.25) is 0 Å². The Morgan fingerprint density at radius 1 is 1.06 bits per heavy atom. The molecule has 36 heavy (non-hydrogen) atoms. The number of ether oxygens (including phenoxy) is 2. The zero-order valence-corrected chi connectivity index (χ0v) is 20.0. The lowest BCUT2D eigenvalue weighted by Crippen LogP contribution is -2.37. The molecule has 9 nitrogen and oxygen atoms in total. The number of carbonyl (C=O) groups is 1. The van der Waals surface area contributed by atoms with Crippen molar-refractivity contribution in [3.05, 3.63) is 60.3 Å². The van der Waals surface area contributed by atoms with Crippen molar-refractivity contribution in [3.63, 3.8) is 0 Å². The third-order valence-electron chi connectivity index (χ3n) is 6.47. The van der Waals surface area contributed by atoms with Crippen LogP contribution >= 0.6 is 0 Å². The van der Waals surface area contributed by atoms with Gasteiger partial charge in [0.05, 0.1) is 24.5 Å². The number of amides is 1. The molecule has 184 valence electrons. The van der Waals surface area contributed by atoms with Crippen molar-refractivity contribution in [2.45, 2.75) is 18.9 Å². The third-order valence-corrected chi connectivity index (χ3v) is 6.47. The van der Waals surface area contributed by atoms with Crippen LogP contribution in [0.25, 0.3) is 11.3 Å². The van der Waals surface area contributed by atoms with Crippen LogP contribution in [0.5, 0.6) is 5.75 Å². The van der Waals surface area contributed by atoms with Crippen LogP contribution < -0.4 is 15.0 Å². The standard InChI is InChI=1S/C27H28N6O3/c28-18-21-17-20(1-6-26(21)36-24-8-11-32(19-34)12-9-24)25-7-10-29-27(31-25)30-22-2-4-23(5-3-22)33-13-15-35-16-14-33/h1-7,10,17,19,24H,8-9,11-16H2,(H,29,30,31). The first-order chi connectivity index (χ1) is 17.7. The number of morpholine rings is 1. The summed E-state index contributed by atoms with van der Waals surface area (Å²) in [6, 6.07) is 17.8. The van der Waals surface area contributed by atoms with E-state index in [4.69, 9.17) is 9.47 Å². The van der Waals surface area contributed by atoms with Gasteiger partial charge in [0.1, 0.15) is 17.9 Å². The molecule has 0 radical (unpaired) electrons. The molecule has 2 saturated heterocycles. The van der Waals surface area contributed by atoms with Crippen LogP contribution in [0.4, 0.5) is 17.3 Å². The first-order valence-electron chi connectivity index (χ1n) is 12.2. The molecule has 3 aromatic rings. The zero-order chi connectivity index (χ0) is 24.7. The van der Waals surface area contributed by atoms with Crippen molar-refractivity contribution in [2.75, 3.05) is 49.6 Å². The maximum atomic E-state index is 10.9. The summed E-state index contributed by atoms with van der Waals surface area (Å²) in [4.78, 5) is 24.0. The summed E-state index contributed by atoms with van der Waals surface area (Å²) in [5.74, 6) is 1.03. The number of hydrogen-bond donors (Lipinski definition) is 1. The lowest BCUT2D eigenvalue weighted by Gasteiger charge is -2.29. The van der Waals surface area contributed by atoms with E-state index in [-0.39, 0.29) is 6.10 Å². The SMILES string of the molecule is N#Cc1cc(-c2ccnc(Nc3ccc(N4CCOCC4)cc3)n2)ccc1OC1CCN(C=O)CC1. The van der Waals surface area contributed by atoms with Crippen LogP contribution in [0, 0.1) is 11.3 Å². The Labute approximate surface area is 210 Å². The summed E-state index contributed by atoms with van der Waals surface area (Å²) >= 11 is 0. The van der Waals surface area contributed by atoms with Gasteiger partial charge in [-0.05, 0) is 48.5 Å². The van der Waals surface area contributed by atoms with Gasteiger partial charge < -0.3 is 24.6 Å². The largest absolute Gasteiger partial charge is 0.489 e. The number of nitriles is 1. The van der Waals surface area contributed by atoms with E-state index in [0.717, 1.165) is 56.8 Å². The van der Waals surface area contributed by atoms with Gasteiger partial charge in [-0.15, -0.1) is 0 Å². The van der Waals surface area contributed by atoms with Gasteiger partial charge in [-0.3, -0.25) is 4.79 Å². The maximum absolute atomic E-state index is 10.9. The van der Waals surface area contributed by atoms with E-state index >= 15 is 0 Å². The quantitative estimate of drug-likeness (QED) is 0.508. The van der Waals surface area contributed by atoms with Crippen LogP contribution in [-0.2, 0) is 9.53 Å². The molecular formula is C27H28N6O3. The minimum atomic E-state index is -0.0105. The van der Waals surface area contributed by atoms with E-state index in [1.165, 1.54) is 5.69 Å². The predicted molar refractivity (Wildman–Crippen MR) is 136 cm³/mol. The molecule has 0 saturated carbocycles. The monoisotopic (exact) mass is 484 g/mol. The second kappa shape index (κ2) is 11.1. The highest BCUT2D eigenvalue weighted by atomic mass is 16.5. The Balaban J connectivity index is 1.27. The summed E-state index contributed by atoms with van der Waals surface area (Å²) in [7, 11) is 0. The molecule has 2 aliphatic rings. The second-order valence-electron chi connectivity index (χ2n) is 8.82. The van der Waals surface area contributed by atoms with Gasteiger partial charge in [0.2, 0.25) is 12.4 Å². The summed E-state index contributed by atoms with van der Waals surface area (Å²) in [6.07, 6.45) is 4.06. The van der Waals surface area contributed by atoms with Crippen molar-refractivity contribution < 1.29 is 14.3 Å². The molecule has 1 amide bonds. The second-order valence-corrected chi connectivity index (χ2v) is 8.82. The van der Waals surface area contributed by atoms with Gasteiger partial charge in [-0.2, -0.15) is 5.26 Å². The van der Waals surface area contributed by atoms with Gasteiger partial charge in [0.25, 0.3) is 0 Å². The number of hydrogen-bond acceptors (Lipinski definition) is 8. The number of anilines is 3. The molecule has 2 aromatic carbocycles. The first kappa shape index (κ1) is 23.6. The minimum Gasteiger partial charge on any atom is -0.489 e. The van der Waals surface area contributed by atoms with Gasteiger partial charge in [0.15, 0.2) is 0 Å². The number of nitrogens with one attached hydrogen (secondary N) is 1. The van der Waals surface area contributed by atoms with Crippen molar-refractivity contribution in [1.29, 1.82) is 5.26 Å². The molecule has 2 fully saturated rings. The van der Waals surface area contributed by atoms with Crippen molar-refractivity contribution in [1.82, 2.24) is 14.9 Å². The Morgan fingerprint density at radius 3 is 2.56 bits per heavy atom. The molecule has 5 rings (SSSR count). The number of aromatic nitrogens is 2. The average molecular weight is 485 g/mol. The topological polar surface area (TPSA) is 104 Å². The van der Waals surface area contributed by atoms with Crippen molar-refractivity contribution in [3.8, 4) is 23.1 Å². The molecule has 1 aromatic heterocycles. The summed E-state index contributed by atoms with van der Waals surface area (Å²) < 4.78 is 11.5. The average Bonchev–Trinajstić information content (AvgIpc) is 2.95. The molecule has 0 spiro atoms. The van der Waals surface area contributed by atoms with Crippen LogP contribution in [0.1, 0.15) is 18.4 Å². The third kappa shape index (κ3) is 5.56. The molecule has 3 heterocycles. The fraction of sp³-hybridized carbons (Fsp3) is 0.333. The van der Waals surface area contributed by atoms with E-state index in [9.17, 15) is 10.1 Å². The molecule has 9 heteroatoms. The maximum Gasteiger partial charge on any atom is 0.227 e. The fourth-order valence-electron chi connectivity index (χ4n) is 4.44. The van der Waals surface area contributed by atoms with Gasteiger partial charge in [-0.25, -0.2) is 9.97 Å². The number of piperidine rings is 1. The van der Waals surface area contributed by atoms with Gasteiger partial charge >= 0.3 is 0 Å². The normalized spacial score (nSPS) is 16.3. The summed E-state index contributed by atoms with van der Waals surface area (Å²) in [6.45, 7) is 4.63. The van der Waals surface area contributed by atoms with Gasteiger partial charge in [-0.1, -0.05) is 0 Å². The zero-order valence-electron chi connectivity index (χ0n) is 20.0. The fourth-order valence-corrected chi connectivity index (χ4v) is 4.44. The molecule has 0 atom stereocenters. The van der Waals surface area contributed by atoms with Crippen LogP contribution in [0.15, 0.2) is 54.7 Å². The van der Waals surface area contributed by atoms with Crippen molar-refractivity contribution in [2.24, 2.45) is 0 Å². The molecule has 0 bridgehead atoms. The Bertz CT molecular complexity index is 1230. The Morgan fingerprint density at radius 2 is 1.83 bits per heavy atom. The van der Waals surface area contributed by atoms with Crippen molar-refractivity contribution >= 4 is 23.7 Å². The van der Waals surface area contributed by atoms with Crippen LogP contribution in [0.3, 0.4) is 0 Å². The highest BCUT2D eigenvalue weighted by Crippen LogP contribution is 2.28. The molecule has 0 aliphatic carbocycles. The lowest BCUT2D eigenvalue weighted by molar-refractivity contribution is -0.119. The highest BCUT2D eigenvalue weighted by Gasteiger charge is 2.21. The Kier molecular flexibility index (Phi) is 7.24. The molecule has 1 N–H and O–H groups in total. The lowest BCUT2D eigenvalue weighted by atomic mass is 10.1. The predicted octanol–water partition coefficient (Wildman–Crippen LogP) is 3.60. The minimum absolute atomic E-state index is 0.0105. The number of likely N-dealkylation sites (tertiary alicyclic amines) is 1. The number of rotatable bonds is 7. The highest BCUT2D eigenvalue weighted by molar-refractivity contribution is 5.66. The first-order valence-corrected chi connectivity index (χ1v) is 12.2. The summed E-state index contributed by atoms with van der Waals surface area (Å²) in [5, 5.41) is 13.0. The van der Waals surface area contributed by atoms with Gasteiger partial charge in [0, 0.05) is 62.2 Å². The summed E-state index contributed by atoms with van der Waals surface area (Å²) in [5.41, 5.74) is 4.03. The van der Waals surface area contributed by atoms with E-state index in [1.54, 1.807) is 17.2 Å². The van der Waals surface area contributed by atoms with E-state index in [2.05, 4.69) is 38.4 Å². The molecule has 2 aliphatic heterocycles. The van der Waals surface area contributed by atoms with E-state index in [0.29, 0.717) is 36.0 Å². The van der Waals surface area contributed by atoms with Crippen LogP contribution in [-0.4, -0.2) is 66.8 Å². The van der Waals surface area contributed by atoms with E-state index in [1.807, 2.05) is 30.3 Å².